The minimum atomic E-state index is -4.41. The Kier molecular flexibility index (Phi) is 3.24. The van der Waals surface area contributed by atoms with E-state index in [2.05, 4.69) is 6.58 Å². The zero-order valence-electron chi connectivity index (χ0n) is 9.54. The molecule has 0 radical (unpaired) electrons. The summed E-state index contributed by atoms with van der Waals surface area (Å²) in [5.41, 5.74) is 0.595. The van der Waals surface area contributed by atoms with Crippen LogP contribution in [-0.4, -0.2) is 6.18 Å². The van der Waals surface area contributed by atoms with E-state index < -0.39 is 11.7 Å². The lowest BCUT2D eigenvalue weighted by molar-refractivity contribution is -0.0686. The first-order chi connectivity index (χ1) is 8.50. The van der Waals surface area contributed by atoms with Crippen LogP contribution in [0.3, 0.4) is 0 Å². The molecule has 0 aliphatic carbocycles. The number of halogens is 3. The number of allylic oxidation sites excluding steroid dienone is 1. The second-order valence-corrected chi connectivity index (χ2v) is 3.89. The van der Waals surface area contributed by atoms with Gasteiger partial charge in [-0.25, -0.2) is 0 Å². The number of alkyl halides is 3. The molecule has 0 atom stereocenters. The summed E-state index contributed by atoms with van der Waals surface area (Å²) in [6.07, 6.45) is -4.41. The summed E-state index contributed by atoms with van der Waals surface area (Å²) in [6.45, 7) is 3.16. The highest BCUT2D eigenvalue weighted by molar-refractivity contribution is 5.82. The first-order valence-corrected chi connectivity index (χ1v) is 5.41. The van der Waals surface area contributed by atoms with Gasteiger partial charge in [-0.2, -0.15) is 13.2 Å². The summed E-state index contributed by atoms with van der Waals surface area (Å²) in [4.78, 5) is 0. The predicted octanol–water partition coefficient (Wildman–Crippen LogP) is 4.93. The summed E-state index contributed by atoms with van der Waals surface area (Å²) in [5, 5.41) is 0. The molecule has 0 fully saturated rings. The van der Waals surface area contributed by atoms with Crippen molar-refractivity contribution >= 4 is 5.57 Å². The van der Waals surface area contributed by atoms with Gasteiger partial charge in [0.2, 0.25) is 0 Å². The molecule has 0 aromatic heterocycles. The van der Waals surface area contributed by atoms with Crippen molar-refractivity contribution in [2.24, 2.45) is 0 Å². The quantitative estimate of drug-likeness (QED) is 0.707. The Hall–Kier alpha value is -2.03. The molecule has 2 aromatic carbocycles. The Morgan fingerprint density at radius 2 is 1.39 bits per heavy atom. The average molecular weight is 248 g/mol. The van der Waals surface area contributed by atoms with Gasteiger partial charge in [-0.3, -0.25) is 0 Å². The summed E-state index contributed by atoms with van der Waals surface area (Å²) in [5.74, 6) is 0. The highest BCUT2D eigenvalue weighted by Crippen LogP contribution is 2.37. The molecule has 0 N–H and O–H groups in total. The third-order valence-corrected chi connectivity index (χ3v) is 2.68. The molecular formula is C15H11F3. The SMILES string of the molecule is C=C(c1ccccc1-c1ccccc1)C(F)(F)F. The minimum Gasteiger partial charge on any atom is -0.166 e. The first kappa shape index (κ1) is 12.4. The third kappa shape index (κ3) is 2.45. The Morgan fingerprint density at radius 3 is 2.00 bits per heavy atom. The smallest absolute Gasteiger partial charge is 0.166 e. The molecule has 0 saturated carbocycles. The number of hydrogen-bond acceptors (Lipinski definition) is 0. The van der Waals surface area contributed by atoms with Gasteiger partial charge in [0.25, 0.3) is 0 Å². The van der Waals surface area contributed by atoms with Crippen LogP contribution >= 0.6 is 0 Å². The van der Waals surface area contributed by atoms with Crippen LogP contribution in [0.4, 0.5) is 13.2 Å². The topological polar surface area (TPSA) is 0 Å². The molecule has 0 amide bonds. The molecule has 0 aliphatic rings. The largest absolute Gasteiger partial charge is 0.416 e. The van der Waals surface area contributed by atoms with Gasteiger partial charge in [-0.05, 0) is 16.7 Å². The van der Waals surface area contributed by atoms with E-state index in [9.17, 15) is 13.2 Å². The fraction of sp³-hybridized carbons (Fsp3) is 0.0667. The maximum atomic E-state index is 12.7. The summed E-state index contributed by atoms with van der Waals surface area (Å²) < 4.78 is 38.2. The average Bonchev–Trinajstić information content (AvgIpc) is 2.38. The summed E-state index contributed by atoms with van der Waals surface area (Å²) in [6, 6.07) is 15.4. The first-order valence-electron chi connectivity index (χ1n) is 5.41. The van der Waals surface area contributed by atoms with Gasteiger partial charge in [0, 0.05) is 0 Å². The van der Waals surface area contributed by atoms with Crippen LogP contribution in [0.1, 0.15) is 5.56 Å². The van der Waals surface area contributed by atoms with Gasteiger partial charge < -0.3 is 0 Å². The molecule has 0 spiro atoms. The molecule has 0 aliphatic heterocycles. The van der Waals surface area contributed by atoms with Crippen molar-refractivity contribution in [1.82, 2.24) is 0 Å². The minimum absolute atomic E-state index is 0.121. The van der Waals surface area contributed by atoms with Crippen LogP contribution in [0, 0.1) is 0 Å². The van der Waals surface area contributed by atoms with Crippen LogP contribution in [0.2, 0.25) is 0 Å². The normalized spacial score (nSPS) is 11.3. The van der Waals surface area contributed by atoms with Gasteiger partial charge in [0.05, 0.1) is 5.57 Å². The van der Waals surface area contributed by atoms with E-state index >= 15 is 0 Å². The lowest BCUT2D eigenvalue weighted by Gasteiger charge is -2.14. The number of benzene rings is 2. The standard InChI is InChI=1S/C15H11F3/c1-11(15(16,17)18)13-9-5-6-10-14(13)12-7-3-2-4-8-12/h2-10H,1H2. The fourth-order valence-corrected chi connectivity index (χ4v) is 1.77. The van der Waals surface area contributed by atoms with Crippen molar-refractivity contribution in [3.8, 4) is 11.1 Å². The zero-order valence-corrected chi connectivity index (χ0v) is 9.54. The van der Waals surface area contributed by atoms with E-state index in [1.165, 1.54) is 6.07 Å². The second-order valence-electron chi connectivity index (χ2n) is 3.89. The van der Waals surface area contributed by atoms with E-state index in [0.717, 1.165) is 5.56 Å². The van der Waals surface area contributed by atoms with Crippen LogP contribution < -0.4 is 0 Å². The van der Waals surface area contributed by atoms with Gasteiger partial charge in [-0.1, -0.05) is 61.2 Å². The van der Waals surface area contributed by atoms with Crippen molar-refractivity contribution in [3.63, 3.8) is 0 Å². The number of hydrogen-bond donors (Lipinski definition) is 0. The van der Waals surface area contributed by atoms with Gasteiger partial charge in [-0.15, -0.1) is 0 Å². The maximum absolute atomic E-state index is 12.7. The van der Waals surface area contributed by atoms with Crippen LogP contribution in [0.15, 0.2) is 61.2 Å². The molecule has 2 rings (SSSR count). The van der Waals surface area contributed by atoms with Crippen molar-refractivity contribution in [3.05, 3.63) is 66.7 Å². The Morgan fingerprint density at radius 1 is 0.833 bits per heavy atom. The molecule has 92 valence electrons. The monoisotopic (exact) mass is 248 g/mol. The van der Waals surface area contributed by atoms with E-state index in [-0.39, 0.29) is 5.56 Å². The summed E-state index contributed by atoms with van der Waals surface area (Å²) in [7, 11) is 0. The predicted molar refractivity (Wildman–Crippen MR) is 67.0 cm³/mol. The van der Waals surface area contributed by atoms with Crippen LogP contribution in [-0.2, 0) is 0 Å². The van der Waals surface area contributed by atoms with Crippen molar-refractivity contribution in [2.75, 3.05) is 0 Å². The van der Waals surface area contributed by atoms with Crippen molar-refractivity contribution in [2.45, 2.75) is 6.18 Å². The highest BCUT2D eigenvalue weighted by atomic mass is 19.4. The lowest BCUT2D eigenvalue weighted by Crippen LogP contribution is -2.10. The van der Waals surface area contributed by atoms with Crippen molar-refractivity contribution < 1.29 is 13.2 Å². The Balaban J connectivity index is 2.54. The van der Waals surface area contributed by atoms with Crippen LogP contribution in [0.25, 0.3) is 16.7 Å². The number of rotatable bonds is 2. The van der Waals surface area contributed by atoms with Crippen molar-refractivity contribution in [1.29, 1.82) is 0 Å². The maximum Gasteiger partial charge on any atom is 0.416 e. The fourth-order valence-electron chi connectivity index (χ4n) is 1.77. The lowest BCUT2D eigenvalue weighted by atomic mass is 9.95. The Labute approximate surface area is 103 Å². The van der Waals surface area contributed by atoms with E-state index in [0.29, 0.717) is 5.56 Å². The molecule has 18 heavy (non-hydrogen) atoms. The van der Waals surface area contributed by atoms with E-state index in [4.69, 9.17) is 0 Å². The molecule has 3 heteroatoms. The molecule has 2 aromatic rings. The van der Waals surface area contributed by atoms with Gasteiger partial charge >= 0.3 is 6.18 Å². The van der Waals surface area contributed by atoms with Crippen LogP contribution in [0.5, 0.6) is 0 Å². The van der Waals surface area contributed by atoms with E-state index in [1.54, 1.807) is 42.5 Å². The molecule has 0 saturated heterocycles. The highest BCUT2D eigenvalue weighted by Gasteiger charge is 2.33. The molecule has 0 nitrogen and oxygen atoms in total. The molecular weight excluding hydrogens is 237 g/mol. The third-order valence-electron chi connectivity index (χ3n) is 2.68. The molecule has 0 unspecified atom stereocenters. The zero-order chi connectivity index (χ0) is 13.2. The molecule has 0 bridgehead atoms. The van der Waals surface area contributed by atoms with Gasteiger partial charge in [0.1, 0.15) is 0 Å². The Bertz CT molecular complexity index is 553. The van der Waals surface area contributed by atoms with E-state index in [1.807, 2.05) is 6.07 Å². The van der Waals surface area contributed by atoms with Gasteiger partial charge in [0.15, 0.2) is 0 Å². The molecule has 0 heterocycles. The second kappa shape index (κ2) is 4.69. The summed E-state index contributed by atoms with van der Waals surface area (Å²) >= 11 is 0.